The van der Waals surface area contributed by atoms with E-state index in [1.165, 1.54) is 35.2 Å². The molecule has 67 heavy (non-hydrogen) atoms. The Morgan fingerprint density at radius 2 is 1.01 bits per heavy atom. The summed E-state index contributed by atoms with van der Waals surface area (Å²) in [5.41, 5.74) is 6.58. The summed E-state index contributed by atoms with van der Waals surface area (Å²) in [4.78, 5) is 47.5. The Morgan fingerprint density at radius 3 is 1.58 bits per heavy atom. The number of methoxy groups -OCH3 is 3. The molecule has 0 spiro atoms. The summed E-state index contributed by atoms with van der Waals surface area (Å²) in [6.07, 6.45) is -23.9. The molecule has 0 bridgehead atoms. The van der Waals surface area contributed by atoms with Crippen molar-refractivity contribution >= 4 is 24.9 Å². The average molecular weight is 972 g/mol. The van der Waals surface area contributed by atoms with Crippen molar-refractivity contribution in [3.8, 4) is 0 Å². The molecule has 25 heteroatoms. The molecule has 5 rings (SSSR count). The standard InChI is InChI=1S/C42H69NO24/c1-16-17(2)26(43)37(60-24(16)12-55-21(6)47)63-33-19(4)32(53-9)42(67-40(33)57-14-45)62-30-18(3)27(49)39(61-25(30)13-56-22(7)48)65-35-31(52-8)20(5)36(66-41(35)58-15-46)64-34-23(11-44)59-38(54-10)29(51)28(34)50/h14-20,23-42,44,49-51H,11-13,43H2,1-10H3/t16-,17-,18?,19+,20?,23?,24?,25-,26?,27?,28+,29?,30-,31?,32?,33-,34+,35-,36+,37+,38-,39+,40?,41+,42+/m0/s1. The average Bonchev–Trinajstić information content (AvgIpc) is 3.29. The van der Waals surface area contributed by atoms with Crippen LogP contribution in [0.3, 0.4) is 0 Å². The maximum Gasteiger partial charge on any atom is 0.302 e. The second-order valence-electron chi connectivity index (χ2n) is 17.5. The zero-order valence-corrected chi connectivity index (χ0v) is 39.2. The quantitative estimate of drug-likeness (QED) is 0.0491. The predicted molar refractivity (Wildman–Crippen MR) is 218 cm³/mol. The third-order valence-corrected chi connectivity index (χ3v) is 13.3. The normalized spacial score (nSPS) is 45.9. The fourth-order valence-corrected chi connectivity index (χ4v) is 9.15. The Morgan fingerprint density at radius 1 is 0.493 bits per heavy atom. The van der Waals surface area contributed by atoms with E-state index in [1.54, 1.807) is 20.8 Å². The number of hydrogen-bond donors (Lipinski definition) is 5. The number of rotatable bonds is 20. The minimum absolute atomic E-state index is 0.0382. The third-order valence-electron chi connectivity index (χ3n) is 13.3. The lowest BCUT2D eigenvalue weighted by Gasteiger charge is -2.51. The molecule has 0 saturated carbocycles. The number of carbonyl (C=O) groups is 4. The van der Waals surface area contributed by atoms with Crippen LogP contribution in [0.15, 0.2) is 0 Å². The molecule has 25 atom stereocenters. The molecule has 386 valence electrons. The van der Waals surface area contributed by atoms with Crippen LogP contribution < -0.4 is 5.73 Å². The van der Waals surface area contributed by atoms with Crippen LogP contribution in [0.5, 0.6) is 0 Å². The highest BCUT2D eigenvalue weighted by Gasteiger charge is 2.56. The van der Waals surface area contributed by atoms with Gasteiger partial charge in [0.05, 0.1) is 31.0 Å². The Hall–Kier alpha value is -2.80. The molecular weight excluding hydrogens is 902 g/mol. The molecule has 0 aromatic heterocycles. The van der Waals surface area contributed by atoms with Crippen LogP contribution in [-0.2, 0) is 95.0 Å². The number of aliphatic hydroxyl groups is 4. The maximum atomic E-state index is 12.1. The first-order valence-corrected chi connectivity index (χ1v) is 22.2. The van der Waals surface area contributed by atoms with E-state index in [4.69, 9.17) is 81.5 Å². The summed E-state index contributed by atoms with van der Waals surface area (Å²) in [5, 5.41) is 43.4. The summed E-state index contributed by atoms with van der Waals surface area (Å²) in [6.45, 7) is 10.5. The van der Waals surface area contributed by atoms with Gasteiger partial charge < -0.3 is 102 Å². The second kappa shape index (κ2) is 24.8. The van der Waals surface area contributed by atoms with Crippen LogP contribution >= 0.6 is 0 Å². The predicted octanol–water partition coefficient (Wildman–Crippen LogP) is -2.20. The van der Waals surface area contributed by atoms with E-state index in [0.717, 1.165) is 0 Å². The highest BCUT2D eigenvalue weighted by molar-refractivity contribution is 5.66. The molecule has 6 N–H and O–H groups in total. The van der Waals surface area contributed by atoms with Crippen LogP contribution in [0.1, 0.15) is 48.5 Å². The largest absolute Gasteiger partial charge is 0.463 e. The number of aliphatic hydroxyl groups excluding tert-OH is 4. The van der Waals surface area contributed by atoms with Gasteiger partial charge in [0.15, 0.2) is 31.5 Å². The molecule has 0 amide bonds. The second-order valence-corrected chi connectivity index (χ2v) is 17.5. The van der Waals surface area contributed by atoms with Gasteiger partial charge in [-0.3, -0.25) is 19.2 Å². The van der Waals surface area contributed by atoms with Gasteiger partial charge >= 0.3 is 11.9 Å². The molecule has 0 radical (unpaired) electrons. The minimum Gasteiger partial charge on any atom is -0.463 e. The van der Waals surface area contributed by atoms with E-state index in [1.807, 2.05) is 13.8 Å². The lowest BCUT2D eigenvalue weighted by Crippen LogP contribution is -2.65. The van der Waals surface area contributed by atoms with E-state index in [9.17, 15) is 39.6 Å². The fraction of sp³-hybridized carbons (Fsp3) is 0.905. The van der Waals surface area contributed by atoms with E-state index >= 15 is 0 Å². The maximum absolute atomic E-state index is 12.1. The molecule has 25 nitrogen and oxygen atoms in total. The highest BCUT2D eigenvalue weighted by atomic mass is 16.8. The minimum atomic E-state index is -1.61. The monoisotopic (exact) mass is 971 g/mol. The summed E-state index contributed by atoms with van der Waals surface area (Å²) >= 11 is 0. The first kappa shape index (κ1) is 55.1. The van der Waals surface area contributed by atoms with Gasteiger partial charge in [-0.05, 0) is 11.8 Å². The first-order valence-electron chi connectivity index (χ1n) is 22.2. The molecule has 0 aromatic carbocycles. The van der Waals surface area contributed by atoms with Crippen molar-refractivity contribution in [2.75, 3.05) is 41.2 Å². The number of carbonyl (C=O) groups excluding carboxylic acids is 4. The smallest absolute Gasteiger partial charge is 0.302 e. The fourth-order valence-electron chi connectivity index (χ4n) is 9.15. The van der Waals surface area contributed by atoms with Gasteiger partial charge in [0.1, 0.15) is 68.1 Å². The Labute approximate surface area is 388 Å². The van der Waals surface area contributed by atoms with E-state index in [0.29, 0.717) is 0 Å². The molecule has 5 fully saturated rings. The summed E-state index contributed by atoms with van der Waals surface area (Å²) in [7, 11) is 3.99. The van der Waals surface area contributed by atoms with Crippen molar-refractivity contribution in [2.45, 2.75) is 172 Å². The molecule has 10 unspecified atom stereocenters. The molecule has 5 saturated heterocycles. The summed E-state index contributed by atoms with van der Waals surface area (Å²) in [6, 6.07) is -0.649. The topological polar surface area (TPSA) is 323 Å². The van der Waals surface area contributed by atoms with Crippen LogP contribution in [-0.4, -0.2) is 210 Å². The summed E-state index contributed by atoms with van der Waals surface area (Å²) in [5.74, 6) is -3.77. The Bertz CT molecular complexity index is 1580. The lowest BCUT2D eigenvalue weighted by atomic mass is 9.82. The molecule has 0 aliphatic carbocycles. The zero-order chi connectivity index (χ0) is 49.4. The zero-order valence-electron chi connectivity index (χ0n) is 39.2. The Balaban J connectivity index is 1.34. The summed E-state index contributed by atoms with van der Waals surface area (Å²) < 4.78 is 93.6. The van der Waals surface area contributed by atoms with Crippen molar-refractivity contribution in [2.24, 2.45) is 35.3 Å². The van der Waals surface area contributed by atoms with Crippen molar-refractivity contribution in [3.63, 3.8) is 0 Å². The van der Waals surface area contributed by atoms with Crippen LogP contribution in [0.4, 0.5) is 0 Å². The van der Waals surface area contributed by atoms with Crippen LogP contribution in [0, 0.1) is 29.6 Å². The van der Waals surface area contributed by atoms with E-state index in [-0.39, 0.29) is 31.4 Å². The highest BCUT2D eigenvalue weighted by Crippen LogP contribution is 2.41. The van der Waals surface area contributed by atoms with Crippen LogP contribution in [0.2, 0.25) is 0 Å². The van der Waals surface area contributed by atoms with E-state index in [2.05, 4.69) is 0 Å². The molecule has 5 aliphatic rings. The van der Waals surface area contributed by atoms with Gasteiger partial charge in [-0.1, -0.05) is 34.6 Å². The first-order chi connectivity index (χ1) is 31.8. The lowest BCUT2D eigenvalue weighted by molar-refractivity contribution is -0.402. The number of ether oxygens (including phenoxy) is 16. The molecule has 5 aliphatic heterocycles. The van der Waals surface area contributed by atoms with Gasteiger partial charge in [0.2, 0.25) is 12.6 Å². The molecule has 5 heterocycles. The number of nitrogens with two attached hydrogens (primary N) is 1. The SMILES string of the molecule is COC1[C@H](O[C@H]2C(C)C(O)[C@@H](O[C@H]3C(OC)C(C)[C@H](O[C@@H]4C(CO)O[C@H](OC)C(O)[C@H]4O)O[C@H]3OC=O)O[C@H]2COC(C)=O)OC(OC=O)[C@@H](O[C@H]2OC(COC(C)=O)[C@@H](C)[C@H](C)C2N)[C@@H]1C. The van der Waals surface area contributed by atoms with Crippen molar-refractivity contribution in [1.82, 2.24) is 0 Å². The van der Waals surface area contributed by atoms with Gasteiger partial charge in [-0.15, -0.1) is 0 Å². The van der Waals surface area contributed by atoms with Crippen LogP contribution in [0.25, 0.3) is 0 Å². The van der Waals surface area contributed by atoms with Gasteiger partial charge in [0.25, 0.3) is 12.9 Å². The van der Waals surface area contributed by atoms with Crippen molar-refractivity contribution in [3.05, 3.63) is 0 Å². The number of esters is 2. The molecular formula is C42H69NO24. The Kier molecular flexibility index (Phi) is 20.4. The molecule has 0 aromatic rings. The van der Waals surface area contributed by atoms with Gasteiger partial charge in [0, 0.05) is 52.9 Å². The van der Waals surface area contributed by atoms with E-state index < -0.39 is 166 Å². The van der Waals surface area contributed by atoms with Crippen molar-refractivity contribution in [1.29, 1.82) is 0 Å². The van der Waals surface area contributed by atoms with Gasteiger partial charge in [-0.25, -0.2) is 0 Å². The third kappa shape index (κ3) is 12.6. The van der Waals surface area contributed by atoms with Crippen molar-refractivity contribution < 1.29 is 115 Å². The van der Waals surface area contributed by atoms with Gasteiger partial charge in [-0.2, -0.15) is 0 Å². The number of hydrogen-bond acceptors (Lipinski definition) is 25.